The first-order chi connectivity index (χ1) is 10.1. The van der Waals surface area contributed by atoms with E-state index in [4.69, 9.17) is 11.6 Å². The summed E-state index contributed by atoms with van der Waals surface area (Å²) in [7, 11) is 2.14. The molecule has 1 N–H and O–H groups in total. The van der Waals surface area contributed by atoms with E-state index in [-0.39, 0.29) is 18.1 Å². The van der Waals surface area contributed by atoms with Crippen molar-refractivity contribution < 1.29 is 4.79 Å². The predicted octanol–water partition coefficient (Wildman–Crippen LogP) is 2.25. The molecule has 2 unspecified atom stereocenters. The Morgan fingerprint density at radius 1 is 1.19 bits per heavy atom. The number of amides is 1. The third-order valence-electron chi connectivity index (χ3n) is 4.58. The number of piperidine rings is 1. The van der Waals surface area contributed by atoms with E-state index in [1.54, 1.807) is 0 Å². The van der Waals surface area contributed by atoms with E-state index in [1.165, 1.54) is 0 Å². The zero-order valence-corrected chi connectivity index (χ0v) is 13.3. The normalized spacial score (nSPS) is 28.3. The highest BCUT2D eigenvalue weighted by atomic mass is 35.5. The summed E-state index contributed by atoms with van der Waals surface area (Å²) in [5.41, 5.74) is 1.11. The molecule has 114 valence electrons. The van der Waals surface area contributed by atoms with Gasteiger partial charge >= 0.3 is 0 Å². The monoisotopic (exact) mass is 307 g/mol. The lowest BCUT2D eigenvalue weighted by Crippen LogP contribution is -2.46. The van der Waals surface area contributed by atoms with Crippen molar-refractivity contribution in [1.29, 1.82) is 0 Å². The largest absolute Gasteiger partial charge is 0.318 e. The summed E-state index contributed by atoms with van der Waals surface area (Å²) in [4.78, 5) is 16.9. The predicted molar refractivity (Wildman–Crippen MR) is 84.2 cm³/mol. The second-order valence-corrected chi connectivity index (χ2v) is 6.56. The number of benzene rings is 1. The van der Waals surface area contributed by atoms with Crippen LogP contribution in [0.4, 0.5) is 0 Å². The molecule has 2 fully saturated rings. The number of carbonyl (C=O) groups excluding carboxylic acids is 1. The molecule has 21 heavy (non-hydrogen) atoms. The number of hydrogen-bond donors (Lipinski definition) is 1. The van der Waals surface area contributed by atoms with Gasteiger partial charge in [0.05, 0.1) is 6.04 Å². The van der Waals surface area contributed by atoms with Crippen molar-refractivity contribution in [2.45, 2.75) is 38.0 Å². The van der Waals surface area contributed by atoms with Crippen molar-refractivity contribution in [3.63, 3.8) is 0 Å². The molecule has 0 aromatic heterocycles. The van der Waals surface area contributed by atoms with Gasteiger partial charge in [-0.15, -0.1) is 0 Å². The average molecular weight is 308 g/mol. The fourth-order valence-electron chi connectivity index (χ4n) is 3.31. The van der Waals surface area contributed by atoms with Crippen LogP contribution < -0.4 is 5.32 Å². The fraction of sp³-hybridized carbons (Fsp3) is 0.562. The van der Waals surface area contributed by atoms with Crippen LogP contribution in [0.1, 0.15) is 31.5 Å². The fourth-order valence-corrected chi connectivity index (χ4v) is 3.43. The minimum Gasteiger partial charge on any atom is -0.318 e. The van der Waals surface area contributed by atoms with E-state index in [0.29, 0.717) is 6.04 Å². The Balaban J connectivity index is 1.84. The molecule has 4 nitrogen and oxygen atoms in total. The van der Waals surface area contributed by atoms with E-state index in [0.717, 1.165) is 36.5 Å². The van der Waals surface area contributed by atoms with Crippen LogP contribution in [0.25, 0.3) is 0 Å². The van der Waals surface area contributed by atoms with Gasteiger partial charge in [0.25, 0.3) is 0 Å². The number of halogens is 1. The third kappa shape index (κ3) is 2.93. The van der Waals surface area contributed by atoms with Gasteiger partial charge in [-0.05, 0) is 57.6 Å². The van der Waals surface area contributed by atoms with Crippen LogP contribution in [0.2, 0.25) is 5.02 Å². The number of nitrogens with one attached hydrogen (secondary N) is 1. The van der Waals surface area contributed by atoms with Crippen molar-refractivity contribution >= 4 is 17.5 Å². The Labute approximate surface area is 131 Å². The van der Waals surface area contributed by atoms with Crippen LogP contribution in [0.3, 0.4) is 0 Å². The van der Waals surface area contributed by atoms with E-state index in [9.17, 15) is 4.79 Å². The van der Waals surface area contributed by atoms with E-state index in [2.05, 4.69) is 22.2 Å². The molecule has 1 aromatic rings. The number of carbonyl (C=O) groups is 1. The number of likely N-dealkylation sites (tertiary alicyclic amines) is 1. The second-order valence-electron chi connectivity index (χ2n) is 6.12. The third-order valence-corrected chi connectivity index (χ3v) is 4.83. The number of rotatable bonds is 2. The van der Waals surface area contributed by atoms with Gasteiger partial charge in [-0.1, -0.05) is 23.7 Å². The molecular weight excluding hydrogens is 286 g/mol. The van der Waals surface area contributed by atoms with Crippen molar-refractivity contribution in [3.05, 3.63) is 34.9 Å². The molecule has 2 atom stereocenters. The molecule has 2 saturated heterocycles. The minimum absolute atomic E-state index is 0.0295. The second kappa shape index (κ2) is 5.95. The highest BCUT2D eigenvalue weighted by Gasteiger charge is 2.41. The Kier molecular flexibility index (Phi) is 4.20. The molecule has 2 aliphatic rings. The van der Waals surface area contributed by atoms with Crippen molar-refractivity contribution in [1.82, 2.24) is 15.1 Å². The number of hydrogen-bond acceptors (Lipinski definition) is 3. The van der Waals surface area contributed by atoms with Gasteiger partial charge < -0.3 is 9.80 Å². The lowest BCUT2D eigenvalue weighted by Gasteiger charge is -2.38. The summed E-state index contributed by atoms with van der Waals surface area (Å²) in [5, 5.41) is 4.14. The van der Waals surface area contributed by atoms with Crippen LogP contribution in [0.15, 0.2) is 24.3 Å². The number of nitrogens with zero attached hydrogens (tertiary/aromatic N) is 2. The summed E-state index contributed by atoms with van der Waals surface area (Å²) in [6, 6.07) is 8.00. The highest BCUT2D eigenvalue weighted by molar-refractivity contribution is 6.30. The molecule has 0 radical (unpaired) electrons. The quantitative estimate of drug-likeness (QED) is 0.910. The molecule has 0 spiro atoms. The topological polar surface area (TPSA) is 35.6 Å². The molecule has 5 heteroatoms. The van der Waals surface area contributed by atoms with Crippen molar-refractivity contribution in [2.75, 3.05) is 20.1 Å². The molecule has 0 aliphatic carbocycles. The highest BCUT2D eigenvalue weighted by Crippen LogP contribution is 2.31. The van der Waals surface area contributed by atoms with Gasteiger partial charge in [-0.25, -0.2) is 0 Å². The maximum absolute atomic E-state index is 12.6. The Morgan fingerprint density at radius 2 is 1.81 bits per heavy atom. The van der Waals surface area contributed by atoms with Gasteiger partial charge in [0, 0.05) is 11.1 Å². The van der Waals surface area contributed by atoms with E-state index >= 15 is 0 Å². The zero-order valence-electron chi connectivity index (χ0n) is 12.6. The van der Waals surface area contributed by atoms with Gasteiger partial charge in [0.1, 0.15) is 6.17 Å². The van der Waals surface area contributed by atoms with Crippen molar-refractivity contribution in [3.8, 4) is 0 Å². The summed E-state index contributed by atoms with van der Waals surface area (Å²) >= 11 is 5.97. The van der Waals surface area contributed by atoms with Crippen LogP contribution in [-0.4, -0.2) is 47.9 Å². The van der Waals surface area contributed by atoms with Crippen molar-refractivity contribution in [2.24, 2.45) is 0 Å². The maximum Gasteiger partial charge on any atom is 0.241 e. The van der Waals surface area contributed by atoms with Crippen LogP contribution >= 0.6 is 11.6 Å². The van der Waals surface area contributed by atoms with Gasteiger partial charge in [0.2, 0.25) is 5.91 Å². The minimum atomic E-state index is -0.120. The molecule has 1 aromatic carbocycles. The summed E-state index contributed by atoms with van der Waals surface area (Å²) in [6.07, 6.45) is 2.06. The summed E-state index contributed by atoms with van der Waals surface area (Å²) < 4.78 is 0. The molecule has 1 amide bonds. The first kappa shape index (κ1) is 14.8. The van der Waals surface area contributed by atoms with Gasteiger partial charge in [-0.3, -0.25) is 10.1 Å². The molecular formula is C16H22ClN3O. The smallest absolute Gasteiger partial charge is 0.241 e. The average Bonchev–Trinajstić information content (AvgIpc) is 2.77. The molecule has 0 bridgehead atoms. The van der Waals surface area contributed by atoms with Gasteiger partial charge in [-0.2, -0.15) is 0 Å². The first-order valence-corrected chi connectivity index (χ1v) is 7.96. The van der Waals surface area contributed by atoms with E-state index in [1.807, 2.05) is 31.2 Å². The standard InChI is InChI=1S/C16H22ClN3O/c1-11-16(21)20(14-7-9-19(2)10-8-14)15(18-11)12-3-5-13(17)6-4-12/h3-6,11,14-15,18H,7-10H2,1-2H3. The van der Waals surface area contributed by atoms with Crippen LogP contribution in [0.5, 0.6) is 0 Å². The molecule has 0 saturated carbocycles. The summed E-state index contributed by atoms with van der Waals surface area (Å²) in [6.45, 7) is 4.05. The summed E-state index contributed by atoms with van der Waals surface area (Å²) in [5.74, 6) is 0.213. The lowest BCUT2D eigenvalue weighted by atomic mass is 10.0. The Morgan fingerprint density at radius 3 is 2.43 bits per heavy atom. The first-order valence-electron chi connectivity index (χ1n) is 7.58. The molecule has 2 heterocycles. The lowest BCUT2D eigenvalue weighted by molar-refractivity contribution is -0.133. The van der Waals surface area contributed by atoms with Crippen LogP contribution in [-0.2, 0) is 4.79 Å². The van der Waals surface area contributed by atoms with Crippen LogP contribution in [0, 0.1) is 0 Å². The SMILES string of the molecule is CC1NC(c2ccc(Cl)cc2)N(C2CCN(C)CC2)C1=O. The maximum atomic E-state index is 12.6. The van der Waals surface area contributed by atoms with Gasteiger partial charge in [0.15, 0.2) is 0 Å². The van der Waals surface area contributed by atoms with E-state index < -0.39 is 0 Å². The molecule has 3 rings (SSSR count). The zero-order chi connectivity index (χ0) is 15.0. The Bertz CT molecular complexity index is 511. The molecule has 2 aliphatic heterocycles. The Hall–Kier alpha value is -1.10.